The highest BCUT2D eigenvalue weighted by Crippen LogP contribution is 1.98. The van der Waals surface area contributed by atoms with Crippen molar-refractivity contribution >= 4 is 0 Å². The fourth-order valence-corrected chi connectivity index (χ4v) is 1.34. The van der Waals surface area contributed by atoms with Crippen molar-refractivity contribution in [2.75, 3.05) is 52.9 Å². The van der Waals surface area contributed by atoms with Crippen molar-refractivity contribution in [3.05, 3.63) is 0 Å². The molecule has 1 saturated heterocycles. The van der Waals surface area contributed by atoms with Crippen LogP contribution in [0.2, 0.25) is 0 Å². The summed E-state index contributed by atoms with van der Waals surface area (Å²) in [6, 6.07) is 0. The van der Waals surface area contributed by atoms with Crippen LogP contribution >= 0.6 is 0 Å². The summed E-state index contributed by atoms with van der Waals surface area (Å²) in [5.74, 6) is 0. The molecule has 1 heterocycles. The van der Waals surface area contributed by atoms with Crippen LogP contribution in [0.3, 0.4) is 0 Å². The largest absolute Gasteiger partial charge is 0.394 e. The molecule has 1 aliphatic rings. The Labute approximate surface area is 140 Å². The first-order chi connectivity index (χ1) is 11.1. The highest BCUT2D eigenvalue weighted by molar-refractivity contribution is 4.48. The summed E-state index contributed by atoms with van der Waals surface area (Å²) in [5, 5.41) is 34.0. The molecule has 0 bridgehead atoms. The van der Waals surface area contributed by atoms with Gasteiger partial charge in [-0.25, -0.2) is 0 Å². The van der Waals surface area contributed by atoms with Crippen molar-refractivity contribution in [1.29, 1.82) is 0 Å². The third-order valence-electron chi connectivity index (χ3n) is 2.57. The molecule has 1 rings (SSSR count). The van der Waals surface area contributed by atoms with Gasteiger partial charge in [0.05, 0.1) is 26.4 Å². The number of ether oxygens (including phenoxy) is 3. The summed E-state index contributed by atoms with van der Waals surface area (Å²) in [6.45, 7) is 7.33. The Morgan fingerprint density at radius 2 is 1.22 bits per heavy atom. The minimum atomic E-state index is -0.712. The van der Waals surface area contributed by atoms with Gasteiger partial charge in [-0.15, -0.1) is 0 Å². The van der Waals surface area contributed by atoms with Gasteiger partial charge in [-0.2, -0.15) is 0 Å². The smallest absolute Gasteiger partial charge is 0.100 e. The third kappa shape index (κ3) is 24.1. The molecule has 2 unspecified atom stereocenters. The topological polar surface area (TPSA) is 109 Å². The van der Waals surface area contributed by atoms with Gasteiger partial charge in [0.25, 0.3) is 0 Å². The van der Waals surface area contributed by atoms with Crippen LogP contribution in [0.25, 0.3) is 0 Å². The van der Waals surface area contributed by atoms with Crippen molar-refractivity contribution < 1.29 is 34.6 Å². The predicted molar refractivity (Wildman–Crippen MR) is 88.5 cm³/mol. The summed E-state index contributed by atoms with van der Waals surface area (Å²) < 4.78 is 14.8. The zero-order chi connectivity index (χ0) is 17.8. The van der Waals surface area contributed by atoms with Crippen LogP contribution in [0.4, 0.5) is 0 Å². The first kappa shape index (κ1) is 25.0. The number of hydrogen-bond donors (Lipinski definition) is 4. The van der Waals surface area contributed by atoms with Gasteiger partial charge in [-0.1, -0.05) is 13.8 Å². The predicted octanol–water partition coefficient (Wildman–Crippen LogP) is 0.329. The van der Waals surface area contributed by atoms with E-state index in [0.717, 1.165) is 26.1 Å². The lowest BCUT2D eigenvalue weighted by Crippen LogP contribution is -2.19. The van der Waals surface area contributed by atoms with E-state index in [4.69, 9.17) is 34.6 Å². The lowest BCUT2D eigenvalue weighted by Gasteiger charge is -2.05. The zero-order valence-electron chi connectivity index (χ0n) is 14.7. The molecule has 7 nitrogen and oxygen atoms in total. The van der Waals surface area contributed by atoms with Crippen LogP contribution in [-0.4, -0.2) is 85.5 Å². The molecule has 7 heteroatoms. The van der Waals surface area contributed by atoms with Crippen LogP contribution in [0, 0.1) is 0 Å². The van der Waals surface area contributed by atoms with Gasteiger partial charge in [0.2, 0.25) is 0 Å². The highest BCUT2D eigenvalue weighted by Gasteiger charge is 1.99. The number of aliphatic hydroxyl groups excluding tert-OH is 4. The molecule has 0 radical (unpaired) electrons. The molecule has 0 aliphatic carbocycles. The molecule has 0 aromatic carbocycles. The van der Waals surface area contributed by atoms with Gasteiger partial charge >= 0.3 is 0 Å². The minimum Gasteiger partial charge on any atom is -0.394 e. The SMILES string of the molecule is C1CCOC1.CCCOCC(O)CO.CCCOCC(O)CO. The van der Waals surface area contributed by atoms with Crippen LogP contribution in [0.5, 0.6) is 0 Å². The lowest BCUT2D eigenvalue weighted by molar-refractivity contribution is 0.00653. The molecule has 0 saturated carbocycles. The summed E-state index contributed by atoms with van der Waals surface area (Å²) in [7, 11) is 0. The number of rotatable bonds is 10. The van der Waals surface area contributed by atoms with Crippen LogP contribution in [-0.2, 0) is 14.2 Å². The maximum Gasteiger partial charge on any atom is 0.100 e. The second-order valence-corrected chi connectivity index (χ2v) is 5.14. The number of hydrogen-bond acceptors (Lipinski definition) is 7. The molecule has 0 aromatic rings. The molecule has 1 aliphatic heterocycles. The van der Waals surface area contributed by atoms with Crippen molar-refractivity contribution in [2.24, 2.45) is 0 Å². The summed E-state index contributed by atoms with van der Waals surface area (Å²) >= 11 is 0. The maximum atomic E-state index is 8.71. The molecule has 0 spiro atoms. The van der Waals surface area contributed by atoms with E-state index in [9.17, 15) is 0 Å². The average Bonchev–Trinajstić information content (AvgIpc) is 3.15. The second kappa shape index (κ2) is 21.7. The molecule has 142 valence electrons. The van der Waals surface area contributed by atoms with Crippen molar-refractivity contribution in [3.63, 3.8) is 0 Å². The van der Waals surface area contributed by atoms with Gasteiger partial charge in [-0.05, 0) is 25.7 Å². The highest BCUT2D eigenvalue weighted by atomic mass is 16.5. The van der Waals surface area contributed by atoms with Gasteiger partial charge in [0, 0.05) is 26.4 Å². The average molecular weight is 340 g/mol. The van der Waals surface area contributed by atoms with Gasteiger partial charge < -0.3 is 34.6 Å². The van der Waals surface area contributed by atoms with E-state index in [-0.39, 0.29) is 26.4 Å². The molecule has 1 fully saturated rings. The van der Waals surface area contributed by atoms with Crippen LogP contribution in [0.1, 0.15) is 39.5 Å². The Morgan fingerprint density at radius 3 is 1.43 bits per heavy atom. The monoisotopic (exact) mass is 340 g/mol. The van der Waals surface area contributed by atoms with Crippen molar-refractivity contribution in [2.45, 2.75) is 51.7 Å². The molecular weight excluding hydrogens is 304 g/mol. The van der Waals surface area contributed by atoms with Crippen LogP contribution < -0.4 is 0 Å². The van der Waals surface area contributed by atoms with E-state index < -0.39 is 12.2 Å². The van der Waals surface area contributed by atoms with E-state index in [1.54, 1.807) is 0 Å². The van der Waals surface area contributed by atoms with E-state index >= 15 is 0 Å². The van der Waals surface area contributed by atoms with Crippen LogP contribution in [0.15, 0.2) is 0 Å². The van der Waals surface area contributed by atoms with Crippen molar-refractivity contribution in [1.82, 2.24) is 0 Å². The summed E-state index contributed by atoms with van der Waals surface area (Å²) in [5.41, 5.74) is 0. The Bertz CT molecular complexity index is 177. The Kier molecular flexibility index (Phi) is 23.6. The van der Waals surface area contributed by atoms with E-state index in [2.05, 4.69) is 0 Å². The lowest BCUT2D eigenvalue weighted by atomic mass is 10.4. The van der Waals surface area contributed by atoms with Gasteiger partial charge in [0.15, 0.2) is 0 Å². The van der Waals surface area contributed by atoms with Gasteiger partial charge in [-0.3, -0.25) is 0 Å². The van der Waals surface area contributed by atoms with Crippen molar-refractivity contribution in [3.8, 4) is 0 Å². The molecule has 23 heavy (non-hydrogen) atoms. The standard InChI is InChI=1S/2C6H14O3.C4H8O/c2*1-2-3-9-5-6(8)4-7;1-2-4-5-3-1/h2*6-8H,2-5H2,1H3;1-4H2. The fraction of sp³-hybridized carbons (Fsp3) is 1.00. The molecular formula is C16H36O7. The number of aliphatic hydroxyl groups is 4. The Hall–Kier alpha value is -0.280. The Balaban J connectivity index is 0. The maximum absolute atomic E-state index is 8.71. The second-order valence-electron chi connectivity index (χ2n) is 5.14. The first-order valence-electron chi connectivity index (χ1n) is 8.43. The first-order valence-corrected chi connectivity index (χ1v) is 8.43. The molecule has 0 aromatic heterocycles. The van der Waals surface area contributed by atoms with E-state index in [0.29, 0.717) is 13.2 Å². The van der Waals surface area contributed by atoms with E-state index in [1.165, 1.54) is 12.8 Å². The van der Waals surface area contributed by atoms with E-state index in [1.807, 2.05) is 13.8 Å². The Morgan fingerprint density at radius 1 is 0.826 bits per heavy atom. The quantitative estimate of drug-likeness (QED) is 0.424. The molecule has 0 amide bonds. The molecule has 2 atom stereocenters. The minimum absolute atomic E-state index is 0.219. The van der Waals surface area contributed by atoms with Gasteiger partial charge in [0.1, 0.15) is 12.2 Å². The normalized spacial score (nSPS) is 15.9. The molecule has 4 N–H and O–H groups in total. The third-order valence-corrected chi connectivity index (χ3v) is 2.57. The summed E-state index contributed by atoms with van der Waals surface area (Å²) in [4.78, 5) is 0. The summed E-state index contributed by atoms with van der Waals surface area (Å²) in [6.07, 6.45) is 3.02. The zero-order valence-corrected chi connectivity index (χ0v) is 14.7. The fourth-order valence-electron chi connectivity index (χ4n) is 1.34.